The Morgan fingerprint density at radius 3 is 1.16 bits per heavy atom. The monoisotopic (exact) mass is 605 g/mol. The van der Waals surface area contributed by atoms with E-state index in [1.807, 2.05) is 0 Å². The van der Waals surface area contributed by atoms with Crippen molar-refractivity contribution in [3.05, 3.63) is 12.2 Å². The standard InChI is InChI=1S/C41H80O2/c1-4-7-10-13-16-19-20-21-22-23-24-26-29-32-35-38-41(42)43-39-40(36-33-30-27-18-15-12-9-6-3)37-34-31-28-25-17-14-11-8-5-2/h21-22,40H,4-20,23-39H2,1-3H3/b22-21-. The third-order valence-corrected chi connectivity index (χ3v) is 9.30. The van der Waals surface area contributed by atoms with Crippen LogP contribution in [0.25, 0.3) is 0 Å². The Morgan fingerprint density at radius 1 is 0.442 bits per heavy atom. The Morgan fingerprint density at radius 2 is 0.767 bits per heavy atom. The van der Waals surface area contributed by atoms with E-state index in [9.17, 15) is 4.79 Å². The molecule has 2 nitrogen and oxygen atoms in total. The van der Waals surface area contributed by atoms with Crippen molar-refractivity contribution in [2.75, 3.05) is 6.61 Å². The lowest BCUT2D eigenvalue weighted by atomic mass is 9.94. The van der Waals surface area contributed by atoms with E-state index >= 15 is 0 Å². The molecule has 256 valence electrons. The third kappa shape index (κ3) is 35.6. The van der Waals surface area contributed by atoms with Crippen LogP contribution in [0.4, 0.5) is 0 Å². The zero-order valence-electron chi connectivity index (χ0n) is 30.1. The summed E-state index contributed by atoms with van der Waals surface area (Å²) in [6.45, 7) is 7.53. The number of allylic oxidation sites excluding steroid dienone is 2. The molecule has 0 aromatic carbocycles. The molecule has 0 heterocycles. The average molecular weight is 605 g/mol. The normalized spacial score (nSPS) is 12.3. The minimum absolute atomic E-state index is 0.0469. The second-order valence-corrected chi connectivity index (χ2v) is 13.8. The highest BCUT2D eigenvalue weighted by Gasteiger charge is 2.12. The van der Waals surface area contributed by atoms with Gasteiger partial charge in [-0.05, 0) is 50.9 Å². The lowest BCUT2D eigenvalue weighted by Crippen LogP contribution is -2.14. The number of carbonyl (C=O) groups excluding carboxylic acids is 1. The predicted molar refractivity (Wildman–Crippen MR) is 193 cm³/mol. The summed E-state index contributed by atoms with van der Waals surface area (Å²) in [6, 6.07) is 0. The molecule has 0 aromatic heterocycles. The molecule has 0 N–H and O–H groups in total. The first kappa shape index (κ1) is 42.2. The second-order valence-electron chi connectivity index (χ2n) is 13.8. The first-order chi connectivity index (χ1) is 21.2. The zero-order chi connectivity index (χ0) is 31.3. The molecule has 43 heavy (non-hydrogen) atoms. The van der Waals surface area contributed by atoms with Crippen LogP contribution in [0, 0.1) is 5.92 Å². The van der Waals surface area contributed by atoms with Crippen molar-refractivity contribution in [1.82, 2.24) is 0 Å². The lowest BCUT2D eigenvalue weighted by Gasteiger charge is -2.17. The minimum atomic E-state index is 0.0469. The third-order valence-electron chi connectivity index (χ3n) is 9.30. The maximum atomic E-state index is 12.5. The number of hydrogen-bond acceptors (Lipinski definition) is 2. The molecule has 0 saturated carbocycles. The van der Waals surface area contributed by atoms with Gasteiger partial charge in [0.2, 0.25) is 0 Å². The van der Waals surface area contributed by atoms with E-state index < -0.39 is 0 Å². The number of ether oxygens (including phenoxy) is 1. The first-order valence-electron chi connectivity index (χ1n) is 20.0. The van der Waals surface area contributed by atoms with Gasteiger partial charge in [-0.15, -0.1) is 0 Å². The van der Waals surface area contributed by atoms with Crippen molar-refractivity contribution >= 4 is 5.97 Å². The van der Waals surface area contributed by atoms with Gasteiger partial charge in [0.15, 0.2) is 0 Å². The van der Waals surface area contributed by atoms with E-state index in [0.717, 1.165) is 12.8 Å². The average Bonchev–Trinajstić information content (AvgIpc) is 3.01. The number of unbranched alkanes of at least 4 members (excludes halogenated alkanes) is 26. The summed E-state index contributed by atoms with van der Waals surface area (Å²) in [5.74, 6) is 0.619. The quantitative estimate of drug-likeness (QED) is 0.0404. The minimum Gasteiger partial charge on any atom is -0.465 e. The van der Waals surface area contributed by atoms with Crippen LogP contribution in [0.1, 0.15) is 233 Å². The largest absolute Gasteiger partial charge is 0.465 e. The Bertz CT molecular complexity index is 554. The number of esters is 1. The number of rotatable bonds is 36. The smallest absolute Gasteiger partial charge is 0.305 e. The molecule has 0 spiro atoms. The van der Waals surface area contributed by atoms with Crippen LogP contribution in [0.2, 0.25) is 0 Å². The molecule has 0 rings (SSSR count). The van der Waals surface area contributed by atoms with Crippen LogP contribution in [-0.4, -0.2) is 12.6 Å². The Hall–Kier alpha value is -0.790. The summed E-state index contributed by atoms with van der Waals surface area (Å²) in [5.41, 5.74) is 0. The van der Waals surface area contributed by atoms with Gasteiger partial charge in [-0.1, -0.05) is 193 Å². The molecule has 0 bridgehead atoms. The lowest BCUT2D eigenvalue weighted by molar-refractivity contribution is -0.145. The van der Waals surface area contributed by atoms with Crippen molar-refractivity contribution in [2.45, 2.75) is 233 Å². The molecule has 0 amide bonds. The summed E-state index contributed by atoms with van der Waals surface area (Å²) in [7, 11) is 0. The molecule has 1 atom stereocenters. The van der Waals surface area contributed by atoms with E-state index in [2.05, 4.69) is 32.9 Å². The molecule has 0 radical (unpaired) electrons. The number of hydrogen-bond donors (Lipinski definition) is 0. The van der Waals surface area contributed by atoms with E-state index in [4.69, 9.17) is 4.74 Å². The topological polar surface area (TPSA) is 26.3 Å². The van der Waals surface area contributed by atoms with Crippen LogP contribution >= 0.6 is 0 Å². The van der Waals surface area contributed by atoms with Crippen LogP contribution in [0.3, 0.4) is 0 Å². The van der Waals surface area contributed by atoms with Gasteiger partial charge in [-0.3, -0.25) is 4.79 Å². The molecule has 0 aliphatic carbocycles. The molecule has 2 heteroatoms. The van der Waals surface area contributed by atoms with Crippen molar-refractivity contribution in [1.29, 1.82) is 0 Å². The van der Waals surface area contributed by atoms with Gasteiger partial charge in [0.25, 0.3) is 0 Å². The maximum absolute atomic E-state index is 12.5. The van der Waals surface area contributed by atoms with Gasteiger partial charge in [0.1, 0.15) is 0 Å². The van der Waals surface area contributed by atoms with Crippen LogP contribution < -0.4 is 0 Å². The van der Waals surface area contributed by atoms with Crippen molar-refractivity contribution in [2.24, 2.45) is 5.92 Å². The summed E-state index contributed by atoms with van der Waals surface area (Å²) in [5, 5.41) is 0. The van der Waals surface area contributed by atoms with Crippen molar-refractivity contribution < 1.29 is 9.53 Å². The maximum Gasteiger partial charge on any atom is 0.305 e. The molecule has 0 aliphatic heterocycles. The molecule has 1 unspecified atom stereocenters. The Kier molecular flexibility index (Phi) is 36.7. The summed E-state index contributed by atoms with van der Waals surface area (Å²) in [6.07, 6.45) is 48.0. The highest BCUT2D eigenvalue weighted by atomic mass is 16.5. The molecule has 0 aliphatic rings. The summed E-state index contributed by atoms with van der Waals surface area (Å²) < 4.78 is 5.83. The van der Waals surface area contributed by atoms with Gasteiger partial charge >= 0.3 is 5.97 Å². The van der Waals surface area contributed by atoms with E-state index in [-0.39, 0.29) is 5.97 Å². The van der Waals surface area contributed by atoms with Crippen LogP contribution in [-0.2, 0) is 9.53 Å². The van der Waals surface area contributed by atoms with Crippen molar-refractivity contribution in [3.8, 4) is 0 Å². The predicted octanol–water partition coefficient (Wildman–Crippen LogP) is 14.6. The SMILES string of the molecule is CCCCCCCC/C=C\CCCCCCCC(=O)OCC(CCCCCCCCCC)CCCCCCCCCCC. The van der Waals surface area contributed by atoms with Gasteiger partial charge in [0, 0.05) is 6.42 Å². The number of carbonyl (C=O) groups is 1. The summed E-state index contributed by atoms with van der Waals surface area (Å²) >= 11 is 0. The Labute approximate surface area is 272 Å². The highest BCUT2D eigenvalue weighted by molar-refractivity contribution is 5.69. The van der Waals surface area contributed by atoms with Gasteiger partial charge < -0.3 is 4.74 Å². The van der Waals surface area contributed by atoms with Gasteiger partial charge in [0.05, 0.1) is 6.61 Å². The molecule has 0 fully saturated rings. The van der Waals surface area contributed by atoms with Crippen LogP contribution in [0.5, 0.6) is 0 Å². The van der Waals surface area contributed by atoms with E-state index in [1.165, 1.54) is 193 Å². The van der Waals surface area contributed by atoms with E-state index in [0.29, 0.717) is 18.9 Å². The summed E-state index contributed by atoms with van der Waals surface area (Å²) in [4.78, 5) is 12.5. The molecule has 0 aromatic rings. The fourth-order valence-corrected chi connectivity index (χ4v) is 6.24. The Balaban J connectivity index is 3.94. The highest BCUT2D eigenvalue weighted by Crippen LogP contribution is 2.21. The fourth-order valence-electron chi connectivity index (χ4n) is 6.24. The molecular formula is C41H80O2. The molecule has 0 saturated heterocycles. The van der Waals surface area contributed by atoms with Crippen LogP contribution in [0.15, 0.2) is 12.2 Å². The zero-order valence-corrected chi connectivity index (χ0v) is 30.1. The van der Waals surface area contributed by atoms with Gasteiger partial charge in [-0.2, -0.15) is 0 Å². The first-order valence-corrected chi connectivity index (χ1v) is 20.0. The second kappa shape index (κ2) is 37.4. The fraction of sp³-hybridized carbons (Fsp3) is 0.927. The van der Waals surface area contributed by atoms with Gasteiger partial charge in [-0.25, -0.2) is 0 Å². The van der Waals surface area contributed by atoms with Crippen molar-refractivity contribution in [3.63, 3.8) is 0 Å². The van der Waals surface area contributed by atoms with E-state index in [1.54, 1.807) is 0 Å². The molecular weight excluding hydrogens is 524 g/mol.